The number of benzene rings is 1. The number of nitrogens with zero attached hydrogens (tertiary/aromatic N) is 2. The van der Waals surface area contributed by atoms with Gasteiger partial charge in [-0.25, -0.2) is 9.59 Å². The summed E-state index contributed by atoms with van der Waals surface area (Å²) in [5.41, 5.74) is 3.27. The zero-order valence-electron chi connectivity index (χ0n) is 15.4. The van der Waals surface area contributed by atoms with E-state index < -0.39 is 11.9 Å². The second-order valence-corrected chi connectivity index (χ2v) is 6.03. The van der Waals surface area contributed by atoms with E-state index in [4.69, 9.17) is 9.15 Å². The topological polar surface area (TPSA) is 83.6 Å². The summed E-state index contributed by atoms with van der Waals surface area (Å²) in [5.74, 6) is -1.09. The fourth-order valence-electron chi connectivity index (χ4n) is 2.84. The predicted octanol–water partition coefficient (Wildman–Crippen LogP) is 3.28. The molecule has 1 aromatic carbocycles. The molecule has 0 amide bonds. The number of furan rings is 1. The predicted molar refractivity (Wildman–Crippen MR) is 96.4 cm³/mol. The van der Waals surface area contributed by atoms with Crippen molar-refractivity contribution in [3.05, 3.63) is 76.5 Å². The third kappa shape index (κ3) is 3.92. The van der Waals surface area contributed by atoms with Crippen LogP contribution in [0.3, 0.4) is 0 Å². The number of aryl methyl sites for hydroxylation is 1. The van der Waals surface area contributed by atoms with E-state index in [9.17, 15) is 9.59 Å². The van der Waals surface area contributed by atoms with E-state index in [2.05, 4.69) is 9.84 Å². The molecular weight excluding hydrogens is 348 g/mol. The van der Waals surface area contributed by atoms with Gasteiger partial charge < -0.3 is 13.9 Å². The van der Waals surface area contributed by atoms with Crippen molar-refractivity contribution >= 4 is 11.9 Å². The maximum absolute atomic E-state index is 12.6. The van der Waals surface area contributed by atoms with Gasteiger partial charge in [-0.15, -0.1) is 0 Å². The fourth-order valence-corrected chi connectivity index (χ4v) is 2.84. The third-order valence-electron chi connectivity index (χ3n) is 4.24. The number of esters is 2. The van der Waals surface area contributed by atoms with Crippen LogP contribution in [0.15, 0.2) is 47.1 Å². The molecular formula is C20H20N2O5. The Labute approximate surface area is 156 Å². The molecule has 3 rings (SSSR count). The molecule has 0 aliphatic heterocycles. The van der Waals surface area contributed by atoms with E-state index >= 15 is 0 Å². The summed E-state index contributed by atoms with van der Waals surface area (Å²) >= 11 is 0. The largest absolute Gasteiger partial charge is 0.463 e. The summed E-state index contributed by atoms with van der Waals surface area (Å²) in [5, 5.41) is 4.45. The molecule has 0 saturated carbocycles. The number of hydrogen-bond acceptors (Lipinski definition) is 6. The first-order valence-electron chi connectivity index (χ1n) is 8.41. The number of methoxy groups -OCH3 is 1. The molecule has 7 heteroatoms. The number of aromatic nitrogens is 2. The van der Waals surface area contributed by atoms with Crippen LogP contribution in [0.2, 0.25) is 0 Å². The van der Waals surface area contributed by atoms with E-state index in [1.165, 1.54) is 13.4 Å². The first-order valence-corrected chi connectivity index (χ1v) is 8.41. The molecule has 0 fully saturated rings. The summed E-state index contributed by atoms with van der Waals surface area (Å²) in [7, 11) is 1.26. The normalized spacial score (nSPS) is 10.6. The highest BCUT2D eigenvalue weighted by atomic mass is 16.5. The zero-order chi connectivity index (χ0) is 19.4. The van der Waals surface area contributed by atoms with Crippen molar-refractivity contribution in [3.63, 3.8) is 0 Å². The Bertz CT molecular complexity index is 956. The van der Waals surface area contributed by atoms with Gasteiger partial charge in [-0.1, -0.05) is 30.3 Å². The minimum absolute atomic E-state index is 0.0264. The molecule has 0 atom stereocenters. The van der Waals surface area contributed by atoms with Crippen molar-refractivity contribution in [1.82, 2.24) is 9.78 Å². The SMILES string of the molecule is COC(=O)c1occc1COC(=O)c1c(C)nn(Cc2ccccc2)c1C. The third-order valence-corrected chi connectivity index (χ3v) is 4.24. The molecule has 0 radical (unpaired) electrons. The monoisotopic (exact) mass is 368 g/mol. The Morgan fingerprint density at radius 3 is 2.56 bits per heavy atom. The number of carbonyl (C=O) groups is 2. The second kappa shape index (κ2) is 7.90. The second-order valence-electron chi connectivity index (χ2n) is 6.03. The Kier molecular flexibility index (Phi) is 5.40. The molecule has 0 saturated heterocycles. The van der Waals surface area contributed by atoms with Gasteiger partial charge in [0.25, 0.3) is 0 Å². The van der Waals surface area contributed by atoms with Gasteiger partial charge >= 0.3 is 11.9 Å². The number of carbonyl (C=O) groups excluding carboxylic acids is 2. The van der Waals surface area contributed by atoms with Gasteiger partial charge in [-0.05, 0) is 25.5 Å². The van der Waals surface area contributed by atoms with Gasteiger partial charge in [0.1, 0.15) is 12.2 Å². The average Bonchev–Trinajstić information content (AvgIpc) is 3.24. The highest BCUT2D eigenvalue weighted by Crippen LogP contribution is 2.18. The summed E-state index contributed by atoms with van der Waals surface area (Å²) in [6.45, 7) is 4.07. The van der Waals surface area contributed by atoms with Crippen LogP contribution >= 0.6 is 0 Å². The quantitative estimate of drug-likeness (QED) is 0.621. The molecule has 27 heavy (non-hydrogen) atoms. The van der Waals surface area contributed by atoms with E-state index in [-0.39, 0.29) is 12.4 Å². The maximum atomic E-state index is 12.6. The molecule has 0 N–H and O–H groups in total. The molecule has 0 spiro atoms. The van der Waals surface area contributed by atoms with Crippen molar-refractivity contribution in [2.24, 2.45) is 0 Å². The molecule has 0 unspecified atom stereocenters. The Hall–Kier alpha value is -3.35. The smallest absolute Gasteiger partial charge is 0.374 e. The number of ether oxygens (including phenoxy) is 2. The van der Waals surface area contributed by atoms with Crippen molar-refractivity contribution in [2.75, 3.05) is 7.11 Å². The van der Waals surface area contributed by atoms with Gasteiger partial charge in [-0.2, -0.15) is 5.10 Å². The lowest BCUT2D eigenvalue weighted by Crippen LogP contribution is -2.10. The van der Waals surface area contributed by atoms with E-state index in [1.807, 2.05) is 37.3 Å². The van der Waals surface area contributed by atoms with E-state index in [0.717, 1.165) is 11.3 Å². The highest BCUT2D eigenvalue weighted by Gasteiger charge is 2.22. The van der Waals surface area contributed by atoms with Crippen LogP contribution in [-0.4, -0.2) is 28.8 Å². The molecule has 3 aromatic rings. The Balaban J connectivity index is 1.74. The Morgan fingerprint density at radius 1 is 1.11 bits per heavy atom. The number of rotatable bonds is 6. The molecule has 0 aliphatic rings. The van der Waals surface area contributed by atoms with E-state index in [0.29, 0.717) is 23.4 Å². The van der Waals surface area contributed by atoms with Crippen LogP contribution in [0, 0.1) is 13.8 Å². The van der Waals surface area contributed by atoms with Crippen molar-refractivity contribution in [3.8, 4) is 0 Å². The van der Waals surface area contributed by atoms with Gasteiger partial charge in [0.05, 0.1) is 31.3 Å². The summed E-state index contributed by atoms with van der Waals surface area (Å²) in [6.07, 6.45) is 1.35. The lowest BCUT2D eigenvalue weighted by Gasteiger charge is -2.07. The summed E-state index contributed by atoms with van der Waals surface area (Å²) in [6, 6.07) is 11.4. The highest BCUT2D eigenvalue weighted by molar-refractivity contribution is 5.92. The Morgan fingerprint density at radius 2 is 1.85 bits per heavy atom. The molecule has 140 valence electrons. The lowest BCUT2D eigenvalue weighted by atomic mass is 10.2. The average molecular weight is 368 g/mol. The first kappa shape index (κ1) is 18.4. The minimum atomic E-state index is -0.617. The van der Waals surface area contributed by atoms with Gasteiger partial charge in [0.2, 0.25) is 5.76 Å². The molecule has 0 aliphatic carbocycles. The van der Waals surface area contributed by atoms with Crippen LogP contribution in [0.4, 0.5) is 0 Å². The molecule has 2 heterocycles. The molecule has 7 nitrogen and oxygen atoms in total. The molecule has 0 bridgehead atoms. The summed E-state index contributed by atoms with van der Waals surface area (Å²) in [4.78, 5) is 24.2. The maximum Gasteiger partial charge on any atom is 0.374 e. The van der Waals surface area contributed by atoms with Crippen molar-refractivity contribution < 1.29 is 23.5 Å². The van der Waals surface area contributed by atoms with Crippen LogP contribution in [0.25, 0.3) is 0 Å². The van der Waals surface area contributed by atoms with Gasteiger partial charge in [-0.3, -0.25) is 4.68 Å². The van der Waals surface area contributed by atoms with Crippen LogP contribution < -0.4 is 0 Å². The lowest BCUT2D eigenvalue weighted by molar-refractivity contribution is 0.0452. The number of hydrogen-bond donors (Lipinski definition) is 0. The van der Waals surface area contributed by atoms with Crippen molar-refractivity contribution in [1.29, 1.82) is 0 Å². The van der Waals surface area contributed by atoms with Crippen molar-refractivity contribution in [2.45, 2.75) is 27.0 Å². The van der Waals surface area contributed by atoms with E-state index in [1.54, 1.807) is 17.7 Å². The standard InChI is InChI=1S/C20H20N2O5/c1-13-17(14(2)22(21-13)11-15-7-5-4-6-8-15)19(23)27-12-16-9-10-26-18(16)20(24)25-3/h4-10H,11-12H2,1-3H3. The summed E-state index contributed by atoms with van der Waals surface area (Å²) < 4.78 is 16.9. The van der Waals surface area contributed by atoms with Gasteiger partial charge in [0, 0.05) is 5.56 Å². The van der Waals surface area contributed by atoms with Crippen LogP contribution in [0.5, 0.6) is 0 Å². The van der Waals surface area contributed by atoms with Crippen LogP contribution in [-0.2, 0) is 22.6 Å². The first-order chi connectivity index (χ1) is 13.0. The fraction of sp³-hybridized carbons (Fsp3) is 0.250. The zero-order valence-corrected chi connectivity index (χ0v) is 15.4. The van der Waals surface area contributed by atoms with Gasteiger partial charge in [0.15, 0.2) is 0 Å². The minimum Gasteiger partial charge on any atom is -0.463 e. The molecule has 2 aromatic heterocycles. The van der Waals surface area contributed by atoms with Crippen LogP contribution in [0.1, 0.15) is 43.4 Å².